The first-order chi connectivity index (χ1) is 9.91. The van der Waals surface area contributed by atoms with Crippen LogP contribution in [0.2, 0.25) is 52.4 Å². The maximum atomic E-state index is 4.82. The Morgan fingerprint density at radius 2 is 1.38 bits per heavy atom. The van der Waals surface area contributed by atoms with E-state index in [1.54, 1.807) is 0 Å². The van der Waals surface area contributed by atoms with Gasteiger partial charge in [-0.3, -0.25) is 0 Å². The van der Waals surface area contributed by atoms with Gasteiger partial charge in [-0.1, -0.05) is 80.4 Å². The van der Waals surface area contributed by atoms with Gasteiger partial charge in [0, 0.05) is 0 Å². The largest absolute Gasteiger partial charge is 0.147 e. The van der Waals surface area contributed by atoms with Crippen LogP contribution >= 0.6 is 24.8 Å². The van der Waals surface area contributed by atoms with E-state index in [4.69, 9.17) is 4.65 Å². The van der Waals surface area contributed by atoms with Crippen molar-refractivity contribution in [3.05, 3.63) is 35.4 Å². The topological polar surface area (TPSA) is 14.1 Å². The van der Waals surface area contributed by atoms with Gasteiger partial charge in [0.1, 0.15) is 0 Å². The predicted molar refractivity (Wildman–Crippen MR) is 121 cm³/mol. The van der Waals surface area contributed by atoms with Gasteiger partial charge in [0.25, 0.3) is 0 Å². The summed E-state index contributed by atoms with van der Waals surface area (Å²) in [6.07, 6.45) is 14.2. The molecular weight excluding hydrogens is 421 g/mol. The van der Waals surface area contributed by atoms with Crippen LogP contribution in [-0.4, -0.2) is 22.7 Å². The molecule has 0 aromatic carbocycles. The van der Waals surface area contributed by atoms with E-state index in [9.17, 15) is 0 Å². The molecule has 0 radical (unpaired) electrons. The van der Waals surface area contributed by atoms with Crippen LogP contribution in [0.15, 0.2) is 24.3 Å². The number of nitrogens with zero attached hydrogens (tertiary/aromatic N) is 1. The molecule has 2 atom stereocenters. The monoisotopic (exact) mass is 457 g/mol. The van der Waals surface area contributed by atoms with E-state index in [2.05, 4.69) is 102 Å². The van der Waals surface area contributed by atoms with Crippen molar-refractivity contribution in [1.29, 1.82) is 0 Å². The van der Waals surface area contributed by atoms with Crippen LogP contribution in [0.5, 0.6) is 0 Å². The number of hydrogen-bond acceptors (Lipinski definition) is 0. The van der Waals surface area contributed by atoms with Crippen molar-refractivity contribution in [1.82, 2.24) is 0 Å². The Balaban J connectivity index is -0.000000283. The molecule has 0 amide bonds. The van der Waals surface area contributed by atoms with Crippen molar-refractivity contribution in [3.63, 3.8) is 0 Å². The Morgan fingerprint density at radius 1 is 0.958 bits per heavy atom. The van der Waals surface area contributed by atoms with Gasteiger partial charge in [0.05, 0.1) is 0 Å². The molecule has 2 aliphatic carbocycles. The average molecular weight is 459 g/mol. The van der Waals surface area contributed by atoms with Crippen LogP contribution < -0.4 is 0 Å². The molecule has 1 nitrogen and oxygen atoms in total. The second kappa shape index (κ2) is 14.4. The maximum Gasteiger partial charge on any atom is -0.147 e. The number of hydrogen-bond donors (Lipinski definition) is 0. The third-order valence-electron chi connectivity index (χ3n) is 2.91. The van der Waals surface area contributed by atoms with Crippen molar-refractivity contribution in [2.24, 2.45) is 11.8 Å². The first-order valence-electron chi connectivity index (χ1n) is 8.35. The quantitative estimate of drug-likeness (QED) is 0.312. The third-order valence-corrected chi connectivity index (χ3v) is 8.27. The fourth-order valence-corrected chi connectivity index (χ4v) is 10.7. The molecule has 7 heteroatoms. The Labute approximate surface area is 178 Å². The van der Waals surface area contributed by atoms with Crippen molar-refractivity contribution >= 4 is 47.5 Å². The predicted octanol–water partition coefficient (Wildman–Crippen LogP) is 7.00. The molecule has 2 aliphatic rings. The summed E-state index contributed by atoms with van der Waals surface area (Å²) >= 11 is 2.27. The van der Waals surface area contributed by atoms with Gasteiger partial charge in [-0.25, -0.2) is 0 Å². The molecule has 1 saturated carbocycles. The van der Waals surface area contributed by atoms with E-state index >= 15 is 0 Å². The molecule has 1 fully saturated rings. The fraction of sp³-hybridized carbons (Fsp3) is 0.706. The summed E-state index contributed by atoms with van der Waals surface area (Å²) in [6, 6.07) is 0. The molecule has 2 rings (SSSR count). The van der Waals surface area contributed by atoms with E-state index in [0.717, 1.165) is 11.8 Å². The summed E-state index contributed by atoms with van der Waals surface area (Å²) in [4.78, 5) is 0. The van der Waals surface area contributed by atoms with Gasteiger partial charge >= 0.3 is 38.5 Å². The number of halogens is 2. The molecule has 0 aromatic heterocycles. The second-order valence-corrected chi connectivity index (χ2v) is 24.5. The smallest absolute Gasteiger partial charge is 0.147 e. The van der Waals surface area contributed by atoms with Gasteiger partial charge in [-0.2, -0.15) is 6.42 Å². The van der Waals surface area contributed by atoms with Crippen LogP contribution in [0, 0.1) is 18.3 Å². The average Bonchev–Trinajstić information content (AvgIpc) is 2.71. The first kappa shape index (κ1) is 30.1. The molecule has 0 spiro atoms. The van der Waals surface area contributed by atoms with Gasteiger partial charge in [0.2, 0.25) is 0 Å². The Hall–Kier alpha value is 1.38. The van der Waals surface area contributed by atoms with Crippen LogP contribution in [0.1, 0.15) is 12.8 Å². The van der Waals surface area contributed by atoms with E-state index in [1.165, 1.54) is 12.8 Å². The van der Waals surface area contributed by atoms with Crippen molar-refractivity contribution in [2.75, 3.05) is 0 Å². The maximum absolute atomic E-state index is 4.82. The normalized spacial score (nSPS) is 21.1. The van der Waals surface area contributed by atoms with Crippen LogP contribution in [0.25, 0.3) is 4.65 Å². The third kappa shape index (κ3) is 19.7. The number of rotatable bonds is 2. The molecule has 0 saturated heterocycles. The molecule has 0 aliphatic heterocycles. The molecule has 0 aromatic rings. The molecule has 24 heavy (non-hydrogen) atoms. The van der Waals surface area contributed by atoms with Gasteiger partial charge in [-0.15, -0.1) is 36.8 Å². The van der Waals surface area contributed by atoms with E-state index in [1.807, 2.05) is 0 Å². The minimum Gasteiger partial charge on any atom is -0.147 e. The van der Waals surface area contributed by atoms with Crippen LogP contribution in [0.3, 0.4) is 0 Å². The molecule has 0 bridgehead atoms. The number of fused-ring (bicyclic) bond motifs is 1. The molecule has 0 heterocycles. The summed E-state index contributed by atoms with van der Waals surface area (Å²) in [5.41, 5.74) is 0. The minimum atomic E-state index is -1.11. The Morgan fingerprint density at radius 3 is 1.71 bits per heavy atom. The zero-order chi connectivity index (χ0) is 17.4. The first-order valence-corrected chi connectivity index (χ1v) is 20.1. The van der Waals surface area contributed by atoms with Crippen molar-refractivity contribution in [2.45, 2.75) is 65.2 Å². The molecule has 140 valence electrons. The molecule has 0 N–H and O–H groups in total. The zero-order valence-corrected chi connectivity index (χ0v) is 22.9. The van der Waals surface area contributed by atoms with E-state index in [-0.39, 0.29) is 31.0 Å². The summed E-state index contributed by atoms with van der Waals surface area (Å²) in [5, 5.41) is 0. The Bertz CT molecular complexity index is 368. The van der Waals surface area contributed by atoms with Crippen molar-refractivity contribution in [3.8, 4) is 0 Å². The SMILES string of the molecule is C1=CC2[CH-]CCC2C=C1.C[Si](C)(C)[N-][Si](C)(C)C.C[Si](C)=[Ti+2].Cl.Cl. The summed E-state index contributed by atoms with van der Waals surface area (Å²) in [7, 11) is -2.21. The summed E-state index contributed by atoms with van der Waals surface area (Å²) in [5.74, 6) is 1.62. The summed E-state index contributed by atoms with van der Waals surface area (Å²) < 4.78 is 4.82. The van der Waals surface area contributed by atoms with Crippen molar-refractivity contribution < 1.29 is 19.2 Å². The van der Waals surface area contributed by atoms with Crippen LogP contribution in [-0.2, 0) is 19.2 Å². The standard InChI is InChI=1S/C9H11.C6H18NSi2.C2H6Si.2ClH.Ti/c1-2-5-9-7-3-6-8(9)4-1;1-8(2,3)7-9(4,5)6;1-3-2;;;/h1-2,4-6,8-9H,3,7H2;1-6H3;1-2H3;2*1H;/q2*-1;;;;+2. The molecular formula is C17H37Cl2NSi3Ti. The Kier molecular flexibility index (Phi) is 18.1. The van der Waals surface area contributed by atoms with Gasteiger partial charge in [-0.05, 0) is 5.92 Å². The molecule has 2 unspecified atom stereocenters. The van der Waals surface area contributed by atoms with Gasteiger partial charge in [0.15, 0.2) is 0 Å². The summed E-state index contributed by atoms with van der Waals surface area (Å²) in [6.45, 7) is 18.3. The fourth-order valence-electron chi connectivity index (χ4n) is 2.70. The van der Waals surface area contributed by atoms with Gasteiger partial charge < -0.3 is 11.1 Å². The number of allylic oxidation sites excluding steroid dienone is 4. The minimum absolute atomic E-state index is 0. The van der Waals surface area contributed by atoms with E-state index in [0.29, 0.717) is 0 Å². The zero-order valence-electron chi connectivity index (χ0n) is 16.7. The van der Waals surface area contributed by atoms with E-state index < -0.39 is 16.5 Å². The van der Waals surface area contributed by atoms with Crippen LogP contribution in [0.4, 0.5) is 0 Å². The second-order valence-electron chi connectivity index (χ2n) is 8.28.